The molecule has 0 aliphatic heterocycles. The zero-order valence-corrected chi connectivity index (χ0v) is 10.8. The Morgan fingerprint density at radius 3 is 2.53 bits per heavy atom. The molecule has 0 saturated carbocycles. The van der Waals surface area contributed by atoms with Crippen molar-refractivity contribution >= 4 is 11.6 Å². The van der Waals surface area contributed by atoms with Gasteiger partial charge in [-0.25, -0.2) is 0 Å². The highest BCUT2D eigenvalue weighted by atomic mass is 16.2. The van der Waals surface area contributed by atoms with E-state index in [0.29, 0.717) is 12.1 Å². The summed E-state index contributed by atoms with van der Waals surface area (Å²) in [6.45, 7) is 2.00. The number of rotatable bonds is 5. The number of hydrogen-bond acceptors (Lipinski definition) is 4. The molecule has 0 spiro atoms. The Bertz CT molecular complexity index is 520. The molecule has 1 heterocycles. The highest BCUT2D eigenvalue weighted by Gasteiger charge is 2.12. The van der Waals surface area contributed by atoms with E-state index in [0.717, 1.165) is 12.1 Å². The summed E-state index contributed by atoms with van der Waals surface area (Å²) in [4.78, 5) is 13.3. The van der Waals surface area contributed by atoms with Gasteiger partial charge in [-0.15, -0.1) is 0 Å². The Morgan fingerprint density at radius 1 is 1.32 bits per heavy atom. The van der Waals surface area contributed by atoms with E-state index < -0.39 is 6.04 Å². The van der Waals surface area contributed by atoms with Crippen LogP contribution in [0, 0.1) is 0 Å². The fourth-order valence-corrected chi connectivity index (χ4v) is 1.70. The first kappa shape index (κ1) is 13.2. The molecule has 1 aromatic carbocycles. The van der Waals surface area contributed by atoms with Crippen molar-refractivity contribution in [3.8, 4) is 5.69 Å². The monoisotopic (exact) mass is 259 g/mol. The highest BCUT2D eigenvalue weighted by molar-refractivity contribution is 5.94. The number of aromatic nitrogens is 3. The van der Waals surface area contributed by atoms with Gasteiger partial charge in [-0.1, -0.05) is 13.3 Å². The van der Waals surface area contributed by atoms with Gasteiger partial charge in [-0.2, -0.15) is 15.0 Å². The number of nitrogens with one attached hydrogen (secondary N) is 1. The summed E-state index contributed by atoms with van der Waals surface area (Å²) < 4.78 is 0. The van der Waals surface area contributed by atoms with Crippen LogP contribution in [-0.4, -0.2) is 26.9 Å². The van der Waals surface area contributed by atoms with Gasteiger partial charge in [0.15, 0.2) is 0 Å². The second-order valence-electron chi connectivity index (χ2n) is 4.25. The normalized spacial score (nSPS) is 12.1. The number of carbonyl (C=O) groups is 1. The van der Waals surface area contributed by atoms with E-state index >= 15 is 0 Å². The lowest BCUT2D eigenvalue weighted by Crippen LogP contribution is -2.35. The Labute approximate surface area is 111 Å². The van der Waals surface area contributed by atoms with E-state index in [1.165, 1.54) is 4.80 Å². The molecule has 0 saturated heterocycles. The van der Waals surface area contributed by atoms with Crippen molar-refractivity contribution in [3.63, 3.8) is 0 Å². The van der Waals surface area contributed by atoms with E-state index in [9.17, 15) is 4.79 Å². The molecule has 0 radical (unpaired) electrons. The molecule has 3 N–H and O–H groups in total. The molecular formula is C13H17N5O. The zero-order valence-electron chi connectivity index (χ0n) is 10.8. The van der Waals surface area contributed by atoms with Crippen molar-refractivity contribution < 1.29 is 4.79 Å². The summed E-state index contributed by atoms with van der Waals surface area (Å²) in [5.74, 6) is -0.160. The molecule has 2 rings (SSSR count). The maximum Gasteiger partial charge on any atom is 0.241 e. The van der Waals surface area contributed by atoms with Crippen molar-refractivity contribution in [2.24, 2.45) is 5.73 Å². The molecular weight excluding hydrogens is 242 g/mol. The summed E-state index contributed by atoms with van der Waals surface area (Å²) in [5, 5.41) is 10.8. The van der Waals surface area contributed by atoms with Crippen LogP contribution in [0.3, 0.4) is 0 Å². The van der Waals surface area contributed by atoms with E-state index in [1.807, 2.05) is 19.1 Å². The molecule has 2 aromatic rings. The third kappa shape index (κ3) is 3.38. The highest BCUT2D eigenvalue weighted by Crippen LogP contribution is 2.12. The van der Waals surface area contributed by atoms with Gasteiger partial charge in [0.1, 0.15) is 0 Å². The first-order valence-corrected chi connectivity index (χ1v) is 6.24. The lowest BCUT2D eigenvalue weighted by atomic mass is 10.1. The molecule has 0 fully saturated rings. The molecule has 0 aliphatic rings. The minimum atomic E-state index is -0.461. The predicted molar refractivity (Wildman–Crippen MR) is 72.9 cm³/mol. The van der Waals surface area contributed by atoms with E-state index in [4.69, 9.17) is 5.73 Å². The van der Waals surface area contributed by atoms with Crippen molar-refractivity contribution in [2.75, 3.05) is 5.32 Å². The molecule has 6 heteroatoms. The smallest absolute Gasteiger partial charge is 0.241 e. The molecule has 6 nitrogen and oxygen atoms in total. The van der Waals surface area contributed by atoms with Gasteiger partial charge in [-0.05, 0) is 30.7 Å². The number of carbonyl (C=O) groups excluding carboxylic acids is 1. The quantitative estimate of drug-likeness (QED) is 0.848. The van der Waals surface area contributed by atoms with Crippen LogP contribution in [0.4, 0.5) is 5.69 Å². The van der Waals surface area contributed by atoms with E-state index in [2.05, 4.69) is 15.5 Å². The molecule has 1 aromatic heterocycles. The Morgan fingerprint density at radius 2 is 1.95 bits per heavy atom. The van der Waals surface area contributed by atoms with Crippen molar-refractivity contribution in [2.45, 2.75) is 25.8 Å². The largest absolute Gasteiger partial charge is 0.325 e. The molecule has 100 valence electrons. The summed E-state index contributed by atoms with van der Waals surface area (Å²) in [7, 11) is 0. The van der Waals surface area contributed by atoms with Gasteiger partial charge < -0.3 is 11.1 Å². The second-order valence-corrected chi connectivity index (χ2v) is 4.25. The van der Waals surface area contributed by atoms with Gasteiger partial charge in [-0.3, -0.25) is 4.79 Å². The Hall–Kier alpha value is -2.21. The summed E-state index contributed by atoms with van der Waals surface area (Å²) in [6.07, 6.45) is 4.79. The lowest BCUT2D eigenvalue weighted by molar-refractivity contribution is -0.117. The van der Waals surface area contributed by atoms with Crippen LogP contribution in [0.25, 0.3) is 5.69 Å². The molecule has 1 atom stereocenters. The average molecular weight is 259 g/mol. The van der Waals surface area contributed by atoms with Gasteiger partial charge in [0.2, 0.25) is 5.91 Å². The first-order chi connectivity index (χ1) is 9.20. The zero-order chi connectivity index (χ0) is 13.7. The number of anilines is 1. The van der Waals surface area contributed by atoms with Gasteiger partial charge in [0, 0.05) is 5.69 Å². The lowest BCUT2D eigenvalue weighted by Gasteiger charge is -2.11. The number of nitrogens with zero attached hydrogens (tertiary/aromatic N) is 3. The van der Waals surface area contributed by atoms with Crippen LogP contribution in [0.2, 0.25) is 0 Å². The maximum atomic E-state index is 11.7. The van der Waals surface area contributed by atoms with Crippen LogP contribution in [0.5, 0.6) is 0 Å². The predicted octanol–water partition coefficient (Wildman–Crippen LogP) is 1.33. The average Bonchev–Trinajstić information content (AvgIpc) is 2.94. The molecule has 1 amide bonds. The van der Waals surface area contributed by atoms with Gasteiger partial charge in [0.25, 0.3) is 0 Å². The van der Waals surface area contributed by atoms with E-state index in [-0.39, 0.29) is 5.91 Å². The minimum Gasteiger partial charge on any atom is -0.325 e. The first-order valence-electron chi connectivity index (χ1n) is 6.24. The Kier molecular flexibility index (Phi) is 4.25. The van der Waals surface area contributed by atoms with Crippen LogP contribution in [-0.2, 0) is 4.79 Å². The van der Waals surface area contributed by atoms with Crippen LogP contribution < -0.4 is 11.1 Å². The third-order valence-corrected chi connectivity index (χ3v) is 2.72. The van der Waals surface area contributed by atoms with Gasteiger partial charge >= 0.3 is 0 Å². The topological polar surface area (TPSA) is 85.8 Å². The standard InChI is InChI=1S/C13H17N5O/c1-2-3-12(14)13(19)17-10-4-6-11(7-5-10)18-15-8-9-16-18/h4-9,12H,2-3,14H2,1H3,(H,17,19)/t12-/m1/s1. The van der Waals surface area contributed by atoms with Crippen LogP contribution in [0.15, 0.2) is 36.7 Å². The number of hydrogen-bond donors (Lipinski definition) is 2. The third-order valence-electron chi connectivity index (χ3n) is 2.72. The number of amides is 1. The Balaban J connectivity index is 2.01. The number of benzene rings is 1. The van der Waals surface area contributed by atoms with Crippen LogP contribution in [0.1, 0.15) is 19.8 Å². The molecule has 0 bridgehead atoms. The van der Waals surface area contributed by atoms with Crippen LogP contribution >= 0.6 is 0 Å². The van der Waals surface area contributed by atoms with Crippen molar-refractivity contribution in [1.29, 1.82) is 0 Å². The summed E-state index contributed by atoms with van der Waals surface area (Å²) >= 11 is 0. The number of nitrogens with two attached hydrogens (primary N) is 1. The fraction of sp³-hybridized carbons (Fsp3) is 0.308. The SMILES string of the molecule is CCC[C@@H](N)C(=O)Nc1ccc(-n2nccn2)cc1. The summed E-state index contributed by atoms with van der Waals surface area (Å²) in [5.41, 5.74) is 7.30. The molecule has 0 aliphatic carbocycles. The fourth-order valence-electron chi connectivity index (χ4n) is 1.70. The summed E-state index contributed by atoms with van der Waals surface area (Å²) in [6, 6.07) is 6.81. The van der Waals surface area contributed by atoms with E-state index in [1.54, 1.807) is 24.5 Å². The second kappa shape index (κ2) is 6.10. The molecule has 19 heavy (non-hydrogen) atoms. The maximum absolute atomic E-state index is 11.7. The molecule has 0 unspecified atom stereocenters. The van der Waals surface area contributed by atoms with Crippen molar-refractivity contribution in [1.82, 2.24) is 15.0 Å². The minimum absolute atomic E-state index is 0.160. The van der Waals surface area contributed by atoms with Gasteiger partial charge in [0.05, 0.1) is 24.1 Å². The van der Waals surface area contributed by atoms with Crippen molar-refractivity contribution in [3.05, 3.63) is 36.7 Å².